The monoisotopic (exact) mass is 437 g/mol. The van der Waals surface area contributed by atoms with Crippen molar-refractivity contribution >= 4 is 23.4 Å². The van der Waals surface area contributed by atoms with Crippen LogP contribution in [0.5, 0.6) is 0 Å². The van der Waals surface area contributed by atoms with Crippen molar-refractivity contribution in [2.45, 2.75) is 44.3 Å². The first kappa shape index (κ1) is 23.0. The van der Waals surface area contributed by atoms with Gasteiger partial charge in [0.1, 0.15) is 18.3 Å². The van der Waals surface area contributed by atoms with Crippen molar-refractivity contribution in [2.24, 2.45) is 0 Å². The van der Waals surface area contributed by atoms with E-state index in [0.29, 0.717) is 18.7 Å². The van der Waals surface area contributed by atoms with Crippen LogP contribution in [0.15, 0.2) is 41.0 Å². The maximum Gasteiger partial charge on any atom is 0.277 e. The summed E-state index contributed by atoms with van der Waals surface area (Å²) in [5.41, 5.74) is 0.767. The first-order valence-corrected chi connectivity index (χ1v) is 10.5. The molecule has 3 rings (SSSR count). The molecule has 0 bridgehead atoms. The summed E-state index contributed by atoms with van der Waals surface area (Å²) in [6.45, 7) is 2.18. The van der Waals surface area contributed by atoms with Crippen LogP contribution in [0.25, 0.3) is 0 Å². The van der Waals surface area contributed by atoms with Gasteiger partial charge in [0.2, 0.25) is 17.7 Å². The predicted octanol–water partition coefficient (Wildman–Crippen LogP) is 1.71. The molecule has 0 aliphatic carbocycles. The third kappa shape index (κ3) is 5.34. The number of terminal acetylenes is 1. The van der Waals surface area contributed by atoms with E-state index in [1.807, 2.05) is 18.2 Å². The number of hydrogen-bond donors (Lipinski definition) is 3. The molecule has 1 aliphatic heterocycles. The van der Waals surface area contributed by atoms with Crippen LogP contribution < -0.4 is 16.0 Å². The number of likely N-dealkylation sites (N-methyl/N-ethyl adjacent to an activating group) is 1. The highest BCUT2D eigenvalue weighted by Crippen LogP contribution is 2.32. The first-order valence-electron chi connectivity index (χ1n) is 10.5. The van der Waals surface area contributed by atoms with Gasteiger partial charge in [-0.25, -0.2) is 4.98 Å². The lowest BCUT2D eigenvalue weighted by atomic mass is 10.1. The molecule has 1 fully saturated rings. The summed E-state index contributed by atoms with van der Waals surface area (Å²) in [6.07, 6.45) is 8.16. The van der Waals surface area contributed by atoms with Gasteiger partial charge in [-0.1, -0.05) is 18.2 Å². The van der Waals surface area contributed by atoms with Crippen molar-refractivity contribution in [3.8, 4) is 12.3 Å². The highest BCUT2D eigenvalue weighted by molar-refractivity contribution is 6.02. The van der Waals surface area contributed by atoms with Crippen molar-refractivity contribution in [1.29, 1.82) is 0 Å². The lowest BCUT2D eigenvalue weighted by Gasteiger charge is -2.27. The van der Waals surface area contributed by atoms with E-state index in [9.17, 15) is 14.4 Å². The van der Waals surface area contributed by atoms with E-state index in [-0.39, 0.29) is 29.8 Å². The zero-order valence-corrected chi connectivity index (χ0v) is 18.1. The Balaban J connectivity index is 1.71. The van der Waals surface area contributed by atoms with Gasteiger partial charge in [-0.2, -0.15) is 0 Å². The lowest BCUT2D eigenvalue weighted by molar-refractivity contribution is -0.137. The maximum atomic E-state index is 13.2. The molecule has 2 aromatic rings. The SMILES string of the molecule is C#CCC(NC(=O)[C@H](C)NC)C(=O)N1CCCC1c1nc(C(=O)Nc2ccccc2)co1. The van der Waals surface area contributed by atoms with Crippen molar-refractivity contribution in [1.82, 2.24) is 20.5 Å². The molecule has 2 unspecified atom stereocenters. The lowest BCUT2D eigenvalue weighted by Crippen LogP contribution is -2.52. The van der Waals surface area contributed by atoms with Crippen LogP contribution in [0.4, 0.5) is 5.69 Å². The molecular formula is C23H27N5O4. The third-order valence-corrected chi connectivity index (χ3v) is 5.37. The number of likely N-dealkylation sites (tertiary alicyclic amines) is 1. The molecule has 2 heterocycles. The number of carbonyl (C=O) groups excluding carboxylic acids is 3. The van der Waals surface area contributed by atoms with Crippen LogP contribution >= 0.6 is 0 Å². The number of benzene rings is 1. The molecule has 3 N–H and O–H groups in total. The van der Waals surface area contributed by atoms with Gasteiger partial charge in [0.15, 0.2) is 5.69 Å². The Morgan fingerprint density at radius 1 is 1.31 bits per heavy atom. The Hall–Kier alpha value is -3.64. The Morgan fingerprint density at radius 3 is 2.75 bits per heavy atom. The molecule has 1 saturated heterocycles. The number of hydrogen-bond acceptors (Lipinski definition) is 6. The molecule has 9 nitrogen and oxygen atoms in total. The van der Waals surface area contributed by atoms with E-state index in [4.69, 9.17) is 10.8 Å². The van der Waals surface area contributed by atoms with Crippen molar-refractivity contribution in [2.75, 3.05) is 18.9 Å². The molecule has 1 aromatic heterocycles. The van der Waals surface area contributed by atoms with Gasteiger partial charge in [0.25, 0.3) is 5.91 Å². The Labute approximate surface area is 186 Å². The molecule has 0 saturated carbocycles. The summed E-state index contributed by atoms with van der Waals surface area (Å²) in [7, 11) is 1.66. The maximum absolute atomic E-state index is 13.2. The largest absolute Gasteiger partial charge is 0.446 e. The van der Waals surface area contributed by atoms with E-state index in [2.05, 4.69) is 26.9 Å². The summed E-state index contributed by atoms with van der Waals surface area (Å²) in [6, 6.07) is 7.28. The molecule has 0 radical (unpaired) electrons. The fourth-order valence-electron chi connectivity index (χ4n) is 3.49. The van der Waals surface area contributed by atoms with E-state index >= 15 is 0 Å². The minimum absolute atomic E-state index is 0.0700. The van der Waals surface area contributed by atoms with Gasteiger partial charge >= 0.3 is 0 Å². The number of aromatic nitrogens is 1. The smallest absolute Gasteiger partial charge is 0.277 e. The number of carbonyl (C=O) groups is 3. The molecule has 9 heteroatoms. The van der Waals surface area contributed by atoms with E-state index in [1.165, 1.54) is 6.26 Å². The number of nitrogens with zero attached hydrogens (tertiary/aromatic N) is 2. The standard InChI is InChI=1S/C23H27N5O4/c1-4-9-17(26-20(29)15(2)24-3)23(31)28-13-8-12-19(28)22-27-18(14-32-22)21(30)25-16-10-6-5-7-11-16/h1,5-7,10-11,14-15,17,19,24H,8-9,12-13H2,2-3H3,(H,25,30)(H,26,29)/t15-,17?,19?/m0/s1. The molecule has 0 spiro atoms. The minimum atomic E-state index is -0.847. The van der Waals surface area contributed by atoms with Crippen molar-refractivity contribution < 1.29 is 18.8 Å². The number of para-hydroxylation sites is 1. The summed E-state index contributed by atoms with van der Waals surface area (Å²) < 4.78 is 5.56. The second kappa shape index (κ2) is 10.6. The Morgan fingerprint density at radius 2 is 2.06 bits per heavy atom. The number of rotatable bonds is 8. The molecular weight excluding hydrogens is 410 g/mol. The molecule has 1 aliphatic rings. The van der Waals surface area contributed by atoms with Gasteiger partial charge in [-0.3, -0.25) is 14.4 Å². The average Bonchev–Trinajstić information content (AvgIpc) is 3.48. The quantitative estimate of drug-likeness (QED) is 0.542. The van der Waals surface area contributed by atoms with Crippen LogP contribution in [0, 0.1) is 12.3 Å². The number of amides is 3. The van der Waals surface area contributed by atoms with Crippen LogP contribution in [0.2, 0.25) is 0 Å². The second-order valence-corrected chi connectivity index (χ2v) is 7.56. The van der Waals surface area contributed by atoms with Crippen LogP contribution in [-0.4, -0.2) is 53.3 Å². The zero-order valence-electron chi connectivity index (χ0n) is 18.1. The Kier molecular flexibility index (Phi) is 7.63. The summed E-state index contributed by atoms with van der Waals surface area (Å²) >= 11 is 0. The molecule has 3 atom stereocenters. The van der Waals surface area contributed by atoms with E-state index < -0.39 is 24.0 Å². The summed E-state index contributed by atoms with van der Waals surface area (Å²) in [5.74, 6) is 1.73. The fraction of sp³-hybridized carbons (Fsp3) is 0.391. The van der Waals surface area contributed by atoms with Crippen LogP contribution in [-0.2, 0) is 9.59 Å². The molecule has 1 aromatic carbocycles. The van der Waals surface area contributed by atoms with E-state index in [0.717, 1.165) is 6.42 Å². The van der Waals surface area contributed by atoms with Gasteiger partial charge in [0, 0.05) is 18.7 Å². The topological polar surface area (TPSA) is 117 Å². The molecule has 32 heavy (non-hydrogen) atoms. The van der Waals surface area contributed by atoms with Gasteiger partial charge in [-0.15, -0.1) is 12.3 Å². The number of oxazole rings is 1. The molecule has 168 valence electrons. The summed E-state index contributed by atoms with van der Waals surface area (Å²) in [4.78, 5) is 43.9. The van der Waals surface area contributed by atoms with Crippen molar-refractivity contribution in [3.05, 3.63) is 48.2 Å². The number of nitrogens with one attached hydrogen (secondary N) is 3. The van der Waals surface area contributed by atoms with E-state index in [1.54, 1.807) is 31.0 Å². The predicted molar refractivity (Wildman–Crippen MR) is 118 cm³/mol. The third-order valence-electron chi connectivity index (χ3n) is 5.37. The van der Waals surface area contributed by atoms with Crippen molar-refractivity contribution in [3.63, 3.8) is 0 Å². The summed E-state index contributed by atoms with van der Waals surface area (Å²) in [5, 5.41) is 8.30. The first-order chi connectivity index (χ1) is 15.4. The average molecular weight is 438 g/mol. The fourth-order valence-corrected chi connectivity index (χ4v) is 3.49. The second-order valence-electron chi connectivity index (χ2n) is 7.56. The molecule has 3 amide bonds. The van der Waals surface area contributed by atoms with Crippen LogP contribution in [0.1, 0.15) is 48.6 Å². The van der Waals surface area contributed by atoms with Gasteiger partial charge in [0.05, 0.1) is 6.04 Å². The van der Waals surface area contributed by atoms with Gasteiger partial charge < -0.3 is 25.3 Å². The van der Waals surface area contributed by atoms with Gasteiger partial charge in [-0.05, 0) is 38.9 Å². The normalized spacial score (nSPS) is 17.3. The zero-order chi connectivity index (χ0) is 23.1. The number of anilines is 1. The highest BCUT2D eigenvalue weighted by atomic mass is 16.3. The Bertz CT molecular complexity index is 997. The highest BCUT2D eigenvalue weighted by Gasteiger charge is 2.37. The van der Waals surface area contributed by atoms with Crippen LogP contribution in [0.3, 0.4) is 0 Å². The minimum Gasteiger partial charge on any atom is -0.446 e.